The number of thioether (sulfide) groups is 1. The van der Waals surface area contributed by atoms with Crippen LogP contribution in [0.5, 0.6) is 0 Å². The molecule has 21 heavy (non-hydrogen) atoms. The average Bonchev–Trinajstić information content (AvgIpc) is 3.00. The summed E-state index contributed by atoms with van der Waals surface area (Å²) in [4.78, 5) is 11.7. The lowest BCUT2D eigenvalue weighted by Crippen LogP contribution is -2.55. The Balaban J connectivity index is 2.28. The molecule has 7 nitrogen and oxygen atoms in total. The second-order valence-corrected chi connectivity index (χ2v) is 7.14. The van der Waals surface area contributed by atoms with Crippen molar-refractivity contribution in [1.82, 2.24) is 15.4 Å². The van der Waals surface area contributed by atoms with E-state index in [9.17, 15) is 10.0 Å². The fourth-order valence-electron chi connectivity index (χ4n) is 1.94. The third-order valence-corrected chi connectivity index (χ3v) is 4.43. The zero-order valence-electron chi connectivity index (χ0n) is 11.8. The van der Waals surface area contributed by atoms with Crippen LogP contribution in [0.3, 0.4) is 0 Å². The molecular weight excluding hydrogens is 312 g/mol. The Bertz CT molecular complexity index is 559. The zero-order valence-corrected chi connectivity index (χ0v) is 13.4. The van der Waals surface area contributed by atoms with Crippen LogP contribution >= 0.6 is 24.0 Å². The number of rotatable bonds is 3. The number of amides is 2. The molecule has 0 spiro atoms. The fourth-order valence-corrected chi connectivity index (χ4v) is 3.72. The van der Waals surface area contributed by atoms with Gasteiger partial charge in [-0.3, -0.25) is 5.21 Å². The van der Waals surface area contributed by atoms with E-state index >= 15 is 0 Å². The molecule has 1 aliphatic heterocycles. The number of carbonyl (C=O) groups is 1. The number of hydrogen-bond acceptors (Lipinski definition) is 6. The quantitative estimate of drug-likeness (QED) is 0.383. The van der Waals surface area contributed by atoms with E-state index in [-0.39, 0.29) is 0 Å². The summed E-state index contributed by atoms with van der Waals surface area (Å²) in [5.74, 6) is 0.552. The summed E-state index contributed by atoms with van der Waals surface area (Å²) in [5, 5.41) is 18.7. The predicted molar refractivity (Wildman–Crippen MR) is 84.3 cm³/mol. The van der Waals surface area contributed by atoms with Crippen molar-refractivity contribution in [2.45, 2.75) is 24.8 Å². The largest absolute Gasteiger partial charge is 0.463 e. The van der Waals surface area contributed by atoms with Crippen LogP contribution in [0, 0.1) is 0 Å². The highest BCUT2D eigenvalue weighted by atomic mass is 32.2. The van der Waals surface area contributed by atoms with Gasteiger partial charge in [-0.05, 0) is 26.0 Å². The number of nitrogens with one attached hydrogen (secondary N) is 1. The molecule has 2 amide bonds. The van der Waals surface area contributed by atoms with Crippen LogP contribution < -0.4 is 5.32 Å². The molecule has 0 aromatic carbocycles. The molecule has 0 saturated carbocycles. The van der Waals surface area contributed by atoms with E-state index in [0.717, 1.165) is 0 Å². The summed E-state index contributed by atoms with van der Waals surface area (Å²) >= 11 is 6.64. The molecule has 9 heteroatoms. The third-order valence-electron chi connectivity index (χ3n) is 2.90. The highest BCUT2D eigenvalue weighted by Gasteiger charge is 2.49. The molecule has 2 rings (SSSR count). The van der Waals surface area contributed by atoms with Crippen LogP contribution in [-0.2, 0) is 0 Å². The molecule has 1 atom stereocenters. The molecule has 114 valence electrons. The van der Waals surface area contributed by atoms with Gasteiger partial charge in [-0.2, -0.15) is 10.2 Å². The van der Waals surface area contributed by atoms with E-state index in [1.165, 1.54) is 36.3 Å². The number of hydroxylamine groups is 2. The summed E-state index contributed by atoms with van der Waals surface area (Å²) in [5.41, 5.74) is 0. The first-order valence-corrected chi connectivity index (χ1v) is 7.39. The second-order valence-electron chi connectivity index (χ2n) is 4.85. The number of hydrazone groups is 1. The molecule has 0 aliphatic carbocycles. The number of carbonyl (C=O) groups excluding carboxylic acids is 1. The molecule has 1 fully saturated rings. The van der Waals surface area contributed by atoms with Gasteiger partial charge in [0.2, 0.25) is 0 Å². The number of furan rings is 1. The second kappa shape index (κ2) is 6.04. The maximum absolute atomic E-state index is 11.7. The van der Waals surface area contributed by atoms with E-state index in [2.05, 4.69) is 10.4 Å². The lowest BCUT2D eigenvalue weighted by atomic mass is 10.1. The first kappa shape index (κ1) is 15.8. The van der Waals surface area contributed by atoms with Crippen molar-refractivity contribution >= 4 is 40.5 Å². The van der Waals surface area contributed by atoms with Crippen LogP contribution in [0.25, 0.3) is 0 Å². The average molecular weight is 328 g/mol. The smallest absolute Gasteiger partial charge is 0.343 e. The van der Waals surface area contributed by atoms with Gasteiger partial charge in [0.1, 0.15) is 5.76 Å². The standard InChI is InChI=1S/C12H16N4O3S2/c1-12(2)9(16(18)10(17)13-3)15(11(20)21-12)14-7-8-5-4-6-19-8/h4-7,9,18H,1-3H3,(H,13,17)/b14-7+. The van der Waals surface area contributed by atoms with Crippen molar-refractivity contribution in [2.75, 3.05) is 7.05 Å². The van der Waals surface area contributed by atoms with Crippen molar-refractivity contribution < 1.29 is 14.4 Å². The normalized spacial score (nSPS) is 21.0. The van der Waals surface area contributed by atoms with Crippen molar-refractivity contribution in [3.63, 3.8) is 0 Å². The molecule has 2 heterocycles. The highest BCUT2D eigenvalue weighted by Crippen LogP contribution is 2.42. The molecule has 2 N–H and O–H groups in total. The minimum atomic E-state index is -0.721. The van der Waals surface area contributed by atoms with Gasteiger partial charge in [0.05, 0.1) is 17.2 Å². The lowest BCUT2D eigenvalue weighted by molar-refractivity contribution is -0.117. The van der Waals surface area contributed by atoms with Crippen molar-refractivity contribution in [1.29, 1.82) is 0 Å². The first-order chi connectivity index (χ1) is 9.86. The number of thiocarbonyl (C=S) groups is 1. The van der Waals surface area contributed by atoms with E-state index in [1.807, 2.05) is 13.8 Å². The Morgan fingerprint density at radius 3 is 3.00 bits per heavy atom. The predicted octanol–water partition coefficient (Wildman–Crippen LogP) is 2.08. The van der Waals surface area contributed by atoms with Gasteiger partial charge in [-0.1, -0.05) is 24.0 Å². The lowest BCUT2D eigenvalue weighted by Gasteiger charge is -2.33. The highest BCUT2D eigenvalue weighted by molar-refractivity contribution is 8.24. The number of urea groups is 1. The number of hydrogen-bond donors (Lipinski definition) is 2. The molecule has 1 unspecified atom stereocenters. The Kier molecular flexibility index (Phi) is 4.55. The summed E-state index contributed by atoms with van der Waals surface area (Å²) in [6.45, 7) is 3.76. The van der Waals surface area contributed by atoms with Crippen molar-refractivity contribution in [2.24, 2.45) is 5.10 Å². The minimum absolute atomic E-state index is 0.468. The van der Waals surface area contributed by atoms with Crippen LogP contribution in [0.15, 0.2) is 27.9 Å². The van der Waals surface area contributed by atoms with E-state index < -0.39 is 16.9 Å². The van der Waals surface area contributed by atoms with Gasteiger partial charge < -0.3 is 9.73 Å². The summed E-state index contributed by atoms with van der Waals surface area (Å²) < 4.78 is 5.12. The third kappa shape index (κ3) is 3.20. The van der Waals surface area contributed by atoms with Crippen LogP contribution in [0.1, 0.15) is 19.6 Å². The van der Waals surface area contributed by atoms with E-state index in [1.54, 1.807) is 12.1 Å². The molecular formula is C12H16N4O3S2. The zero-order chi connectivity index (χ0) is 15.6. The topological polar surface area (TPSA) is 81.3 Å². The van der Waals surface area contributed by atoms with Crippen LogP contribution in [0.4, 0.5) is 4.79 Å². The molecule has 1 aliphatic rings. The summed E-state index contributed by atoms with van der Waals surface area (Å²) in [7, 11) is 1.44. The first-order valence-electron chi connectivity index (χ1n) is 6.16. The van der Waals surface area contributed by atoms with Gasteiger partial charge in [-0.25, -0.2) is 9.80 Å². The Morgan fingerprint density at radius 2 is 2.43 bits per heavy atom. The Morgan fingerprint density at radius 1 is 1.71 bits per heavy atom. The van der Waals surface area contributed by atoms with Crippen LogP contribution in [-0.4, -0.2) is 49.8 Å². The van der Waals surface area contributed by atoms with E-state index in [0.29, 0.717) is 15.1 Å². The Hall–Kier alpha value is -1.58. The minimum Gasteiger partial charge on any atom is -0.463 e. The fraction of sp³-hybridized carbons (Fsp3) is 0.417. The van der Waals surface area contributed by atoms with Gasteiger partial charge in [-0.15, -0.1) is 0 Å². The molecule has 0 bridgehead atoms. The maximum Gasteiger partial charge on any atom is 0.343 e. The van der Waals surface area contributed by atoms with Crippen molar-refractivity contribution in [3.05, 3.63) is 24.2 Å². The molecule has 1 aromatic heterocycles. The van der Waals surface area contributed by atoms with E-state index in [4.69, 9.17) is 16.6 Å². The van der Waals surface area contributed by atoms with Gasteiger partial charge in [0.15, 0.2) is 10.5 Å². The summed E-state index contributed by atoms with van der Waals surface area (Å²) in [6, 6.07) is 2.85. The maximum atomic E-state index is 11.7. The SMILES string of the molecule is CNC(=O)N(O)C1N(/N=C/c2ccco2)C(=S)SC1(C)C. The monoisotopic (exact) mass is 328 g/mol. The molecule has 0 radical (unpaired) electrons. The Labute approximate surface area is 131 Å². The van der Waals surface area contributed by atoms with Crippen molar-refractivity contribution in [3.8, 4) is 0 Å². The van der Waals surface area contributed by atoms with Crippen LogP contribution in [0.2, 0.25) is 0 Å². The molecule has 1 aromatic rings. The number of nitrogens with zero attached hydrogens (tertiary/aromatic N) is 3. The van der Waals surface area contributed by atoms with Gasteiger partial charge in [0.25, 0.3) is 0 Å². The van der Waals surface area contributed by atoms with Gasteiger partial charge in [0, 0.05) is 7.05 Å². The van der Waals surface area contributed by atoms with Gasteiger partial charge >= 0.3 is 6.03 Å². The summed E-state index contributed by atoms with van der Waals surface area (Å²) in [6.07, 6.45) is 2.29. The molecule has 1 saturated heterocycles.